The molecule has 0 saturated carbocycles. The average Bonchev–Trinajstić information content (AvgIpc) is 2.74. The number of ether oxygens (including phenoxy) is 1. The standard InChI is InChI=1S/C22H21ClN2O4/c23-16-5-3-14(4-6-16)12-24-22(28)18-13-25-7-9-29-19-11-15(2-1-8-26)10-17(20(19)25)21(18)27/h3-6,10-11,13,26H,1-2,7-9,12H2,(H,24,28). The lowest BCUT2D eigenvalue weighted by Gasteiger charge is -2.22. The molecular weight excluding hydrogens is 392 g/mol. The first kappa shape index (κ1) is 19.5. The maximum absolute atomic E-state index is 13.1. The molecule has 1 aromatic heterocycles. The summed E-state index contributed by atoms with van der Waals surface area (Å²) in [5.41, 5.74) is 2.31. The molecule has 0 saturated heterocycles. The van der Waals surface area contributed by atoms with E-state index in [-0.39, 0.29) is 17.6 Å². The number of hydrogen-bond donors (Lipinski definition) is 2. The number of nitrogens with one attached hydrogen (secondary N) is 1. The number of halogens is 1. The lowest BCUT2D eigenvalue weighted by Crippen LogP contribution is -2.30. The van der Waals surface area contributed by atoms with E-state index in [9.17, 15) is 9.59 Å². The van der Waals surface area contributed by atoms with Crippen molar-refractivity contribution in [1.82, 2.24) is 9.88 Å². The van der Waals surface area contributed by atoms with Crippen LogP contribution >= 0.6 is 11.6 Å². The van der Waals surface area contributed by atoms with Gasteiger partial charge in [0.05, 0.1) is 17.4 Å². The second-order valence-corrected chi connectivity index (χ2v) is 7.48. The molecule has 1 amide bonds. The summed E-state index contributed by atoms with van der Waals surface area (Å²) < 4.78 is 7.66. The van der Waals surface area contributed by atoms with Crippen LogP contribution in [0.1, 0.15) is 27.9 Å². The van der Waals surface area contributed by atoms with Gasteiger partial charge in [0, 0.05) is 24.4 Å². The zero-order valence-corrected chi connectivity index (χ0v) is 16.5. The van der Waals surface area contributed by atoms with Crippen molar-refractivity contribution in [2.45, 2.75) is 25.9 Å². The largest absolute Gasteiger partial charge is 0.490 e. The molecular formula is C22H21ClN2O4. The third-order valence-corrected chi connectivity index (χ3v) is 5.27. The summed E-state index contributed by atoms with van der Waals surface area (Å²) in [6.07, 6.45) is 2.84. The van der Waals surface area contributed by atoms with Gasteiger partial charge in [0.25, 0.3) is 5.91 Å². The van der Waals surface area contributed by atoms with E-state index in [2.05, 4.69) is 5.32 Å². The Labute approximate surface area is 172 Å². The number of pyridine rings is 1. The van der Waals surface area contributed by atoms with Crippen LogP contribution in [-0.4, -0.2) is 28.8 Å². The van der Waals surface area contributed by atoms with Crippen molar-refractivity contribution in [2.75, 3.05) is 13.2 Å². The van der Waals surface area contributed by atoms with E-state index in [1.807, 2.05) is 22.8 Å². The summed E-state index contributed by atoms with van der Waals surface area (Å²) in [6.45, 7) is 1.42. The van der Waals surface area contributed by atoms with Gasteiger partial charge in [-0.15, -0.1) is 0 Å². The van der Waals surface area contributed by atoms with Crippen LogP contribution in [0.2, 0.25) is 5.02 Å². The Balaban J connectivity index is 1.69. The number of rotatable bonds is 6. The number of benzene rings is 2. The second kappa shape index (κ2) is 8.27. The molecule has 0 aliphatic carbocycles. The van der Waals surface area contributed by atoms with E-state index < -0.39 is 5.91 Å². The highest BCUT2D eigenvalue weighted by molar-refractivity contribution is 6.30. The van der Waals surface area contributed by atoms with Crippen LogP contribution in [0.25, 0.3) is 10.9 Å². The van der Waals surface area contributed by atoms with Gasteiger partial charge in [-0.05, 0) is 48.2 Å². The Morgan fingerprint density at radius 1 is 1.21 bits per heavy atom. The zero-order chi connectivity index (χ0) is 20.4. The van der Waals surface area contributed by atoms with E-state index in [0.717, 1.165) is 11.1 Å². The molecule has 0 unspecified atom stereocenters. The monoisotopic (exact) mass is 412 g/mol. The number of aliphatic hydroxyl groups is 1. The Bertz CT molecular complexity index is 1120. The Hall–Kier alpha value is -2.83. The van der Waals surface area contributed by atoms with Gasteiger partial charge in [0.15, 0.2) is 0 Å². The number of carbonyl (C=O) groups excluding carboxylic acids is 1. The van der Waals surface area contributed by atoms with E-state index in [1.165, 1.54) is 0 Å². The van der Waals surface area contributed by atoms with Crippen LogP contribution in [0.4, 0.5) is 0 Å². The minimum atomic E-state index is -0.413. The zero-order valence-electron chi connectivity index (χ0n) is 15.8. The molecule has 0 radical (unpaired) electrons. The molecule has 7 heteroatoms. The highest BCUT2D eigenvalue weighted by Crippen LogP contribution is 2.29. The van der Waals surface area contributed by atoms with Crippen LogP contribution in [0, 0.1) is 0 Å². The molecule has 150 valence electrons. The molecule has 1 aliphatic rings. The Kier molecular flexibility index (Phi) is 5.56. The summed E-state index contributed by atoms with van der Waals surface area (Å²) in [5, 5.41) is 13.0. The maximum atomic E-state index is 13.1. The summed E-state index contributed by atoms with van der Waals surface area (Å²) in [7, 11) is 0. The molecule has 0 fully saturated rings. The number of aromatic nitrogens is 1. The second-order valence-electron chi connectivity index (χ2n) is 7.04. The molecule has 2 heterocycles. The van der Waals surface area contributed by atoms with Gasteiger partial charge in [0.2, 0.25) is 5.43 Å². The van der Waals surface area contributed by atoms with Gasteiger partial charge >= 0.3 is 0 Å². The molecule has 0 bridgehead atoms. The molecule has 29 heavy (non-hydrogen) atoms. The van der Waals surface area contributed by atoms with Gasteiger partial charge in [-0.3, -0.25) is 9.59 Å². The van der Waals surface area contributed by atoms with Crippen molar-refractivity contribution in [2.24, 2.45) is 0 Å². The highest BCUT2D eigenvalue weighted by atomic mass is 35.5. The first-order chi connectivity index (χ1) is 14.1. The number of nitrogens with zero attached hydrogens (tertiary/aromatic N) is 1. The van der Waals surface area contributed by atoms with Gasteiger partial charge < -0.3 is 19.7 Å². The third-order valence-electron chi connectivity index (χ3n) is 5.02. The fourth-order valence-electron chi connectivity index (χ4n) is 3.57. The molecule has 0 atom stereocenters. The summed E-state index contributed by atoms with van der Waals surface area (Å²) in [5.74, 6) is 0.233. The lowest BCUT2D eigenvalue weighted by molar-refractivity contribution is 0.0949. The quantitative estimate of drug-likeness (QED) is 0.652. The predicted molar refractivity (Wildman–Crippen MR) is 112 cm³/mol. The van der Waals surface area contributed by atoms with Crippen LogP contribution in [0.5, 0.6) is 5.75 Å². The Morgan fingerprint density at radius 3 is 2.76 bits per heavy atom. The number of aryl methyl sites for hydroxylation is 1. The van der Waals surface area contributed by atoms with Crippen molar-refractivity contribution in [3.63, 3.8) is 0 Å². The third kappa shape index (κ3) is 3.99. The van der Waals surface area contributed by atoms with Crippen LogP contribution in [-0.2, 0) is 19.5 Å². The fourth-order valence-corrected chi connectivity index (χ4v) is 3.69. The predicted octanol–water partition coefficient (Wildman–Crippen LogP) is 2.90. The number of carbonyl (C=O) groups is 1. The SMILES string of the molecule is O=C(NCc1ccc(Cl)cc1)c1cn2c3c(cc(CCCO)cc3c1=O)OCC2. The van der Waals surface area contributed by atoms with Gasteiger partial charge in [-0.1, -0.05) is 23.7 Å². The molecule has 0 spiro atoms. The van der Waals surface area contributed by atoms with Gasteiger partial charge in [0.1, 0.15) is 17.9 Å². The molecule has 2 N–H and O–H groups in total. The molecule has 6 nitrogen and oxygen atoms in total. The van der Waals surface area contributed by atoms with Gasteiger partial charge in [-0.2, -0.15) is 0 Å². The summed E-state index contributed by atoms with van der Waals surface area (Å²) >= 11 is 5.89. The summed E-state index contributed by atoms with van der Waals surface area (Å²) in [6, 6.07) is 10.9. The minimum Gasteiger partial charge on any atom is -0.490 e. The van der Waals surface area contributed by atoms with E-state index in [0.29, 0.717) is 54.2 Å². The fraction of sp³-hybridized carbons (Fsp3) is 0.273. The average molecular weight is 413 g/mol. The maximum Gasteiger partial charge on any atom is 0.257 e. The van der Waals surface area contributed by atoms with Crippen molar-refractivity contribution in [1.29, 1.82) is 0 Å². The first-order valence-electron chi connectivity index (χ1n) is 9.53. The van der Waals surface area contributed by atoms with E-state index >= 15 is 0 Å². The van der Waals surface area contributed by atoms with E-state index in [4.69, 9.17) is 21.4 Å². The normalized spacial score (nSPS) is 12.6. The smallest absolute Gasteiger partial charge is 0.257 e. The minimum absolute atomic E-state index is 0.0750. The number of aliphatic hydroxyl groups excluding tert-OH is 1. The highest BCUT2D eigenvalue weighted by Gasteiger charge is 2.21. The lowest BCUT2D eigenvalue weighted by atomic mass is 10.0. The first-order valence-corrected chi connectivity index (χ1v) is 9.91. The number of hydrogen-bond acceptors (Lipinski definition) is 4. The molecule has 2 aromatic carbocycles. The van der Waals surface area contributed by atoms with Crippen molar-refractivity contribution in [3.05, 3.63) is 74.5 Å². The van der Waals surface area contributed by atoms with Crippen molar-refractivity contribution >= 4 is 28.4 Å². The summed E-state index contributed by atoms with van der Waals surface area (Å²) in [4.78, 5) is 25.9. The van der Waals surface area contributed by atoms with E-state index in [1.54, 1.807) is 24.4 Å². The van der Waals surface area contributed by atoms with Crippen molar-refractivity contribution in [3.8, 4) is 5.75 Å². The van der Waals surface area contributed by atoms with Crippen molar-refractivity contribution < 1.29 is 14.6 Å². The molecule has 4 rings (SSSR count). The topological polar surface area (TPSA) is 80.6 Å². The Morgan fingerprint density at radius 2 is 2.00 bits per heavy atom. The van der Waals surface area contributed by atoms with Crippen LogP contribution in [0.3, 0.4) is 0 Å². The number of amides is 1. The van der Waals surface area contributed by atoms with Gasteiger partial charge in [-0.25, -0.2) is 0 Å². The van der Waals surface area contributed by atoms with Crippen LogP contribution in [0.15, 0.2) is 47.4 Å². The molecule has 1 aliphatic heterocycles. The van der Waals surface area contributed by atoms with Crippen LogP contribution < -0.4 is 15.5 Å². The molecule has 3 aromatic rings.